The van der Waals surface area contributed by atoms with Crippen LogP contribution < -0.4 is 5.73 Å². The van der Waals surface area contributed by atoms with E-state index in [0.29, 0.717) is 4.68 Å². The normalized spacial score (nSPS) is 10.2. The van der Waals surface area contributed by atoms with Crippen LogP contribution in [0.3, 0.4) is 0 Å². The van der Waals surface area contributed by atoms with Gasteiger partial charge in [-0.25, -0.2) is 9.59 Å². The molecule has 1 rings (SSSR count). The summed E-state index contributed by atoms with van der Waals surface area (Å²) in [6, 6.07) is -1.89. The minimum Gasteiger partial charge on any atom is -0.479 e. The van der Waals surface area contributed by atoms with Crippen molar-refractivity contribution in [2.24, 2.45) is 0 Å². The summed E-state index contributed by atoms with van der Waals surface area (Å²) in [6.07, 6.45) is 0. The number of hydrogen-bond donors (Lipinski definition) is 3. The van der Waals surface area contributed by atoms with Crippen LogP contribution >= 0.6 is 0 Å². The van der Waals surface area contributed by atoms with Gasteiger partial charge in [-0.3, -0.25) is 0 Å². The molecule has 0 saturated carbocycles. The predicted octanol–water partition coefficient (Wildman–Crippen LogP) is -2.03. The number of carboxylic acid groups (broad SMARTS) is 2. The Morgan fingerprint density at radius 3 is 2.23 bits per heavy atom. The molecule has 1 heterocycles. The van der Waals surface area contributed by atoms with Gasteiger partial charge in [-0.2, -0.15) is 4.68 Å². The first-order valence-electron chi connectivity index (χ1n) is 3.03. The second-order valence-electron chi connectivity index (χ2n) is 2.06. The summed E-state index contributed by atoms with van der Waals surface area (Å²) in [6.45, 7) is 0. The van der Waals surface area contributed by atoms with E-state index in [1.54, 1.807) is 0 Å². The number of nitrogens with two attached hydrogens (primary N) is 1. The van der Waals surface area contributed by atoms with E-state index in [4.69, 9.17) is 15.9 Å². The highest BCUT2D eigenvalue weighted by atomic mass is 16.4. The van der Waals surface area contributed by atoms with Crippen LogP contribution in [0.2, 0.25) is 0 Å². The molecular formula is C4H5N5O4. The number of aromatic nitrogens is 4. The third kappa shape index (κ3) is 1.52. The lowest BCUT2D eigenvalue weighted by molar-refractivity contribution is -0.153. The Morgan fingerprint density at radius 1 is 1.38 bits per heavy atom. The van der Waals surface area contributed by atoms with Crippen LogP contribution in [0.4, 0.5) is 5.95 Å². The van der Waals surface area contributed by atoms with Gasteiger partial charge in [0.1, 0.15) is 0 Å². The van der Waals surface area contributed by atoms with E-state index in [-0.39, 0.29) is 5.95 Å². The Bertz CT molecular complexity index is 332. The Hall–Kier alpha value is -2.19. The quantitative estimate of drug-likeness (QED) is 0.459. The fraction of sp³-hybridized carbons (Fsp3) is 0.250. The molecular weight excluding hydrogens is 182 g/mol. The summed E-state index contributed by atoms with van der Waals surface area (Å²) in [4.78, 5) is 20.9. The first-order valence-corrected chi connectivity index (χ1v) is 3.03. The first-order chi connectivity index (χ1) is 6.04. The molecule has 4 N–H and O–H groups in total. The van der Waals surface area contributed by atoms with Crippen molar-refractivity contribution >= 4 is 17.9 Å². The molecule has 0 unspecified atom stereocenters. The Kier molecular flexibility index (Phi) is 2.09. The zero-order chi connectivity index (χ0) is 10.0. The van der Waals surface area contributed by atoms with Crippen molar-refractivity contribution < 1.29 is 19.8 Å². The zero-order valence-electron chi connectivity index (χ0n) is 6.15. The summed E-state index contributed by atoms with van der Waals surface area (Å²) in [5.74, 6) is -3.55. The van der Waals surface area contributed by atoms with Gasteiger partial charge in [0, 0.05) is 0 Å². The van der Waals surface area contributed by atoms with Gasteiger partial charge in [-0.05, 0) is 10.4 Å². The first kappa shape index (κ1) is 8.90. The van der Waals surface area contributed by atoms with Gasteiger partial charge in [-0.15, -0.1) is 0 Å². The van der Waals surface area contributed by atoms with Crippen molar-refractivity contribution in [3.05, 3.63) is 0 Å². The molecule has 0 bridgehead atoms. The van der Waals surface area contributed by atoms with Gasteiger partial charge in [0.05, 0.1) is 0 Å². The van der Waals surface area contributed by atoms with Crippen molar-refractivity contribution in [3.8, 4) is 0 Å². The van der Waals surface area contributed by atoms with Crippen molar-refractivity contribution in [1.29, 1.82) is 0 Å². The summed E-state index contributed by atoms with van der Waals surface area (Å²) in [5, 5.41) is 26.3. The van der Waals surface area contributed by atoms with Gasteiger partial charge >= 0.3 is 11.9 Å². The van der Waals surface area contributed by atoms with Crippen molar-refractivity contribution in [1.82, 2.24) is 20.2 Å². The van der Waals surface area contributed by atoms with E-state index < -0.39 is 18.0 Å². The van der Waals surface area contributed by atoms with E-state index in [0.717, 1.165) is 0 Å². The van der Waals surface area contributed by atoms with Crippen LogP contribution in [0.1, 0.15) is 6.04 Å². The average molecular weight is 187 g/mol. The maximum Gasteiger partial charge on any atom is 0.340 e. The van der Waals surface area contributed by atoms with Gasteiger partial charge in [0.15, 0.2) is 0 Å². The van der Waals surface area contributed by atoms with Gasteiger partial charge in [0.2, 0.25) is 5.95 Å². The zero-order valence-corrected chi connectivity index (χ0v) is 6.15. The number of hydrogen-bond acceptors (Lipinski definition) is 6. The number of tetrazole rings is 1. The molecule has 0 aliphatic rings. The van der Waals surface area contributed by atoms with Gasteiger partial charge in [0.25, 0.3) is 6.04 Å². The van der Waals surface area contributed by atoms with E-state index in [9.17, 15) is 9.59 Å². The van der Waals surface area contributed by atoms with Gasteiger partial charge < -0.3 is 15.9 Å². The molecule has 1 aromatic rings. The fourth-order valence-electron chi connectivity index (χ4n) is 0.699. The van der Waals surface area contributed by atoms with E-state index >= 15 is 0 Å². The smallest absolute Gasteiger partial charge is 0.340 e. The molecule has 0 saturated heterocycles. The van der Waals surface area contributed by atoms with E-state index in [1.807, 2.05) is 0 Å². The second-order valence-corrected chi connectivity index (χ2v) is 2.06. The van der Waals surface area contributed by atoms with Crippen molar-refractivity contribution in [3.63, 3.8) is 0 Å². The summed E-state index contributed by atoms with van der Waals surface area (Å²) < 4.78 is 0.505. The molecule has 1 aromatic heterocycles. The fourth-order valence-corrected chi connectivity index (χ4v) is 0.699. The molecule has 0 aliphatic carbocycles. The molecule has 0 radical (unpaired) electrons. The number of nitrogen functional groups attached to an aromatic ring is 1. The van der Waals surface area contributed by atoms with Crippen LogP contribution in [0, 0.1) is 0 Å². The Balaban J connectivity index is 3.09. The van der Waals surface area contributed by atoms with Crippen LogP contribution in [-0.2, 0) is 9.59 Å². The van der Waals surface area contributed by atoms with Crippen LogP contribution in [0.5, 0.6) is 0 Å². The highest BCUT2D eigenvalue weighted by molar-refractivity contribution is 5.95. The molecule has 0 fully saturated rings. The van der Waals surface area contributed by atoms with Gasteiger partial charge in [-0.1, -0.05) is 5.10 Å². The third-order valence-electron chi connectivity index (χ3n) is 1.23. The number of carbonyl (C=O) groups is 2. The van der Waals surface area contributed by atoms with Crippen LogP contribution in [0.25, 0.3) is 0 Å². The highest BCUT2D eigenvalue weighted by Crippen LogP contribution is 2.07. The Labute approximate surface area is 70.8 Å². The minimum absolute atomic E-state index is 0.366. The number of rotatable bonds is 3. The van der Waals surface area contributed by atoms with Crippen LogP contribution in [-0.4, -0.2) is 42.4 Å². The SMILES string of the molecule is Nc1nnnn1C(C(=O)O)C(=O)O. The summed E-state index contributed by atoms with van der Waals surface area (Å²) in [7, 11) is 0. The number of carboxylic acids is 2. The molecule has 70 valence electrons. The molecule has 9 nitrogen and oxygen atoms in total. The highest BCUT2D eigenvalue weighted by Gasteiger charge is 2.30. The van der Waals surface area contributed by atoms with E-state index in [1.165, 1.54) is 0 Å². The molecule has 13 heavy (non-hydrogen) atoms. The lowest BCUT2D eigenvalue weighted by Gasteiger charge is -2.06. The molecule has 0 atom stereocenters. The number of nitrogens with zero attached hydrogens (tertiary/aromatic N) is 4. The molecule has 0 aliphatic heterocycles. The lowest BCUT2D eigenvalue weighted by Crippen LogP contribution is -2.29. The molecule has 9 heteroatoms. The third-order valence-corrected chi connectivity index (χ3v) is 1.23. The van der Waals surface area contributed by atoms with Crippen molar-refractivity contribution in [2.75, 3.05) is 5.73 Å². The molecule has 0 amide bonds. The lowest BCUT2D eigenvalue weighted by atomic mass is 10.3. The summed E-state index contributed by atoms with van der Waals surface area (Å²) >= 11 is 0. The average Bonchev–Trinajstić information content (AvgIpc) is 2.35. The van der Waals surface area contributed by atoms with Crippen molar-refractivity contribution in [2.45, 2.75) is 6.04 Å². The molecule has 0 aromatic carbocycles. The van der Waals surface area contributed by atoms with Crippen LogP contribution in [0.15, 0.2) is 0 Å². The standard InChI is InChI=1S/C4H5N5O4/c5-4-6-7-8-9(4)1(2(10)11)3(12)13/h1H,(H,10,11)(H,12,13)(H2,5,6,8). The molecule has 0 spiro atoms. The predicted molar refractivity (Wildman–Crippen MR) is 36.5 cm³/mol. The topological polar surface area (TPSA) is 144 Å². The van der Waals surface area contributed by atoms with E-state index in [2.05, 4.69) is 15.5 Å². The Morgan fingerprint density at radius 2 is 1.92 bits per heavy atom. The monoisotopic (exact) mass is 187 g/mol. The second kappa shape index (κ2) is 3.05. The maximum absolute atomic E-state index is 10.4. The summed E-state index contributed by atoms with van der Waals surface area (Å²) in [5.41, 5.74) is 5.12. The largest absolute Gasteiger partial charge is 0.479 e. The maximum atomic E-state index is 10.4. The number of aliphatic carboxylic acids is 2. The minimum atomic E-state index is -1.89. The number of anilines is 1.